The van der Waals surface area contributed by atoms with E-state index in [2.05, 4.69) is 33.2 Å². The molecule has 31 heavy (non-hydrogen) atoms. The number of nitrogens with one attached hydrogen (secondary N) is 2. The van der Waals surface area contributed by atoms with Gasteiger partial charge in [-0.1, -0.05) is 37.7 Å². The van der Waals surface area contributed by atoms with Gasteiger partial charge in [0.05, 0.1) is 11.3 Å². The minimum Gasteiger partial charge on any atom is -0.358 e. The molecule has 0 radical (unpaired) electrons. The van der Waals surface area contributed by atoms with E-state index < -0.39 is 11.6 Å². The van der Waals surface area contributed by atoms with Crippen molar-refractivity contribution in [2.45, 2.75) is 39.1 Å². The molecule has 4 nitrogen and oxygen atoms in total. The van der Waals surface area contributed by atoms with Crippen LogP contribution in [0.15, 0.2) is 59.5 Å². The van der Waals surface area contributed by atoms with E-state index in [0.717, 1.165) is 35.6 Å². The number of hydrogen-bond acceptors (Lipinski definition) is 4. The van der Waals surface area contributed by atoms with Crippen LogP contribution in [0.3, 0.4) is 0 Å². The lowest BCUT2D eigenvalue weighted by atomic mass is 10.1. The van der Waals surface area contributed by atoms with Crippen molar-refractivity contribution in [2.75, 3.05) is 6.54 Å². The largest absolute Gasteiger partial charge is 0.358 e. The quantitative estimate of drug-likeness (QED) is 0.527. The molecule has 4 heterocycles. The number of hydrogen-bond donors (Lipinski definition) is 2. The van der Waals surface area contributed by atoms with Crippen LogP contribution in [-0.4, -0.2) is 21.4 Å². The van der Waals surface area contributed by atoms with Gasteiger partial charge in [-0.05, 0) is 36.8 Å². The van der Waals surface area contributed by atoms with Crippen molar-refractivity contribution in [2.24, 2.45) is 0 Å². The highest BCUT2D eigenvalue weighted by Crippen LogP contribution is 2.41. The van der Waals surface area contributed by atoms with Gasteiger partial charge in [-0.2, -0.15) is 0 Å². The SMILES string of the molecule is CC.CC1=C(N2CCc3[nH]c(-c4c(F)cccc4F)cc3C2)NC(c2cccnc2)S1. The predicted octanol–water partition coefficient (Wildman–Crippen LogP) is 5.96. The van der Waals surface area contributed by atoms with Crippen LogP contribution >= 0.6 is 11.8 Å². The number of fused-ring (bicyclic) bond motifs is 1. The normalized spacial score (nSPS) is 17.7. The van der Waals surface area contributed by atoms with Crippen LogP contribution < -0.4 is 5.32 Å². The first-order chi connectivity index (χ1) is 15.1. The van der Waals surface area contributed by atoms with Crippen molar-refractivity contribution in [1.82, 2.24) is 20.2 Å². The molecule has 1 atom stereocenters. The fourth-order valence-electron chi connectivity index (χ4n) is 4.00. The molecule has 0 saturated carbocycles. The molecule has 2 N–H and O–H groups in total. The van der Waals surface area contributed by atoms with Gasteiger partial charge in [0.2, 0.25) is 0 Å². The van der Waals surface area contributed by atoms with Gasteiger partial charge in [0, 0.05) is 48.1 Å². The summed E-state index contributed by atoms with van der Waals surface area (Å²) in [5.41, 5.74) is 3.77. The Hall–Kier alpha value is -2.80. The summed E-state index contributed by atoms with van der Waals surface area (Å²) in [6.07, 6.45) is 4.46. The van der Waals surface area contributed by atoms with Gasteiger partial charge in [-0.3, -0.25) is 4.98 Å². The Morgan fingerprint density at radius 3 is 2.61 bits per heavy atom. The highest BCUT2D eigenvalue weighted by atomic mass is 32.2. The number of rotatable bonds is 3. The van der Waals surface area contributed by atoms with E-state index in [0.29, 0.717) is 12.2 Å². The van der Waals surface area contributed by atoms with Gasteiger partial charge in [0.15, 0.2) is 0 Å². The fraction of sp³-hybridized carbons (Fsp3) is 0.292. The molecule has 0 amide bonds. The van der Waals surface area contributed by atoms with Crippen molar-refractivity contribution in [3.05, 3.63) is 88.0 Å². The smallest absolute Gasteiger partial charge is 0.135 e. The predicted molar refractivity (Wildman–Crippen MR) is 122 cm³/mol. The van der Waals surface area contributed by atoms with E-state index in [1.165, 1.54) is 23.1 Å². The summed E-state index contributed by atoms with van der Waals surface area (Å²) in [7, 11) is 0. The third-order valence-electron chi connectivity index (χ3n) is 5.42. The van der Waals surface area contributed by atoms with E-state index in [1.807, 2.05) is 32.2 Å². The van der Waals surface area contributed by atoms with Crippen molar-refractivity contribution in [3.8, 4) is 11.3 Å². The van der Waals surface area contributed by atoms with Crippen molar-refractivity contribution < 1.29 is 8.78 Å². The van der Waals surface area contributed by atoms with Gasteiger partial charge in [0.1, 0.15) is 22.8 Å². The second-order valence-electron chi connectivity index (χ2n) is 7.29. The highest BCUT2D eigenvalue weighted by molar-refractivity contribution is 8.03. The summed E-state index contributed by atoms with van der Waals surface area (Å²) in [5, 5.41) is 3.76. The van der Waals surface area contributed by atoms with Crippen LogP contribution in [0.4, 0.5) is 8.78 Å². The molecular formula is C24H26F2N4S. The monoisotopic (exact) mass is 440 g/mol. The zero-order valence-corrected chi connectivity index (χ0v) is 18.7. The first kappa shape index (κ1) is 21.4. The summed E-state index contributed by atoms with van der Waals surface area (Å²) in [5.74, 6) is 0.0219. The highest BCUT2D eigenvalue weighted by Gasteiger charge is 2.29. The van der Waals surface area contributed by atoms with E-state index >= 15 is 0 Å². The summed E-state index contributed by atoms with van der Waals surface area (Å²) < 4.78 is 28.4. The standard InChI is InChI=1S/C22H20F2N4S.C2H6/c1-13-21(27-22(29-13)14-4-3-8-25-11-14)28-9-7-18-15(12-28)10-19(26-18)20-16(23)5-2-6-17(20)24;1-2/h2-6,8,10-11,22,26-27H,7,9,12H2,1H3;1-2H3. The van der Waals surface area contributed by atoms with Crippen molar-refractivity contribution in [3.63, 3.8) is 0 Å². The molecule has 2 aromatic heterocycles. The van der Waals surface area contributed by atoms with Gasteiger partial charge in [-0.15, -0.1) is 0 Å². The van der Waals surface area contributed by atoms with Gasteiger partial charge in [0.25, 0.3) is 0 Å². The number of aromatic amines is 1. The fourth-order valence-corrected chi connectivity index (χ4v) is 5.10. The van der Waals surface area contributed by atoms with Crippen LogP contribution in [0.1, 0.15) is 43.0 Å². The number of halogens is 2. The average Bonchev–Trinajstić information content (AvgIpc) is 3.38. The second kappa shape index (κ2) is 9.14. The summed E-state index contributed by atoms with van der Waals surface area (Å²) >= 11 is 1.79. The lowest BCUT2D eigenvalue weighted by Crippen LogP contribution is -2.35. The van der Waals surface area contributed by atoms with E-state index in [1.54, 1.807) is 18.0 Å². The molecule has 0 spiro atoms. The van der Waals surface area contributed by atoms with E-state index in [-0.39, 0.29) is 10.9 Å². The number of H-pyrrole nitrogens is 1. The maximum atomic E-state index is 14.2. The Labute approximate surface area is 185 Å². The van der Waals surface area contributed by atoms with Crippen molar-refractivity contribution in [1.29, 1.82) is 0 Å². The minimum absolute atomic E-state index is 0.00929. The number of pyridine rings is 1. The molecule has 0 aliphatic carbocycles. The molecule has 0 saturated heterocycles. The Morgan fingerprint density at radius 1 is 1.13 bits per heavy atom. The number of aromatic nitrogens is 2. The maximum absolute atomic E-state index is 14.2. The molecule has 5 rings (SSSR count). The molecule has 1 unspecified atom stereocenters. The first-order valence-electron chi connectivity index (χ1n) is 10.5. The molecule has 2 aliphatic rings. The van der Waals surface area contributed by atoms with Crippen LogP contribution in [0.2, 0.25) is 0 Å². The van der Waals surface area contributed by atoms with Crippen molar-refractivity contribution >= 4 is 11.8 Å². The average molecular weight is 441 g/mol. The zero-order valence-electron chi connectivity index (χ0n) is 17.9. The molecule has 2 aliphatic heterocycles. The van der Waals surface area contributed by atoms with Gasteiger partial charge < -0.3 is 15.2 Å². The van der Waals surface area contributed by atoms with Crippen LogP contribution in [-0.2, 0) is 13.0 Å². The summed E-state index contributed by atoms with van der Waals surface area (Å²) in [4.78, 5) is 11.0. The van der Waals surface area contributed by atoms with Crippen LogP contribution in [0, 0.1) is 11.6 Å². The number of thioether (sulfide) groups is 1. The zero-order chi connectivity index (χ0) is 22.0. The first-order valence-corrected chi connectivity index (χ1v) is 11.4. The number of allylic oxidation sites excluding steroid dienone is 1. The maximum Gasteiger partial charge on any atom is 0.135 e. The third-order valence-corrected chi connectivity index (χ3v) is 6.59. The number of nitrogens with zero attached hydrogens (tertiary/aromatic N) is 2. The van der Waals surface area contributed by atoms with Crippen LogP contribution in [0.25, 0.3) is 11.3 Å². The Balaban J connectivity index is 0.00000112. The minimum atomic E-state index is -0.549. The number of benzene rings is 1. The molecule has 1 aromatic carbocycles. The Morgan fingerprint density at radius 2 is 1.90 bits per heavy atom. The molecule has 7 heteroatoms. The molecule has 3 aromatic rings. The molecule has 0 fully saturated rings. The molecule has 0 bridgehead atoms. The Bertz CT molecular complexity index is 1070. The molecule has 162 valence electrons. The van der Waals surface area contributed by atoms with Crippen LogP contribution in [0.5, 0.6) is 0 Å². The Kier molecular flexibility index (Phi) is 6.32. The lowest BCUT2D eigenvalue weighted by molar-refractivity contribution is 0.297. The van der Waals surface area contributed by atoms with E-state index in [4.69, 9.17) is 0 Å². The lowest BCUT2D eigenvalue weighted by Gasteiger charge is -2.31. The van der Waals surface area contributed by atoms with Gasteiger partial charge >= 0.3 is 0 Å². The third kappa shape index (κ3) is 4.19. The van der Waals surface area contributed by atoms with Gasteiger partial charge in [-0.25, -0.2) is 8.78 Å². The second-order valence-corrected chi connectivity index (χ2v) is 8.61. The topological polar surface area (TPSA) is 44.0 Å². The van der Waals surface area contributed by atoms with E-state index in [9.17, 15) is 8.78 Å². The summed E-state index contributed by atoms with van der Waals surface area (Å²) in [6, 6.07) is 9.86. The summed E-state index contributed by atoms with van der Waals surface area (Å²) in [6.45, 7) is 7.66. The molecular weight excluding hydrogens is 414 g/mol.